The smallest absolute Gasteiger partial charge is 0.251 e. The second kappa shape index (κ2) is 5.93. The minimum Gasteiger partial charge on any atom is -0.352 e. The third kappa shape index (κ3) is 3.80. The lowest BCUT2D eigenvalue weighted by molar-refractivity contribution is 0.0948. The molecule has 0 radical (unpaired) electrons. The van der Waals surface area contributed by atoms with Gasteiger partial charge in [0.25, 0.3) is 5.91 Å². The number of nitrogens with one attached hydrogen (secondary N) is 1. The van der Waals surface area contributed by atoms with Gasteiger partial charge in [0.05, 0.1) is 4.90 Å². The third-order valence-corrected chi connectivity index (χ3v) is 4.60. The van der Waals surface area contributed by atoms with E-state index in [1.807, 2.05) is 0 Å². The van der Waals surface area contributed by atoms with Crippen LogP contribution in [0.3, 0.4) is 0 Å². The van der Waals surface area contributed by atoms with Crippen LogP contribution >= 0.6 is 0 Å². The van der Waals surface area contributed by atoms with Gasteiger partial charge in [0.2, 0.25) is 10.0 Å². The summed E-state index contributed by atoms with van der Waals surface area (Å²) in [4.78, 5) is 12.0. The van der Waals surface area contributed by atoms with Gasteiger partial charge >= 0.3 is 0 Å². The standard InChI is InChI=1S/C14H20N2O3S/c1-10-7-12(9-13(8-10)20(15,18)19)14(17)16-6-5-11-3-2-4-11/h7-9,11H,2-6H2,1H3,(H,16,17)(H2,15,18,19). The van der Waals surface area contributed by atoms with E-state index in [-0.39, 0.29) is 10.8 Å². The Hall–Kier alpha value is -1.40. The van der Waals surface area contributed by atoms with Gasteiger partial charge in [-0.2, -0.15) is 0 Å². The molecule has 0 bridgehead atoms. The molecular weight excluding hydrogens is 276 g/mol. The molecule has 0 unspecified atom stereocenters. The van der Waals surface area contributed by atoms with Crippen molar-refractivity contribution in [3.05, 3.63) is 29.3 Å². The van der Waals surface area contributed by atoms with Gasteiger partial charge in [-0.05, 0) is 43.0 Å². The van der Waals surface area contributed by atoms with E-state index >= 15 is 0 Å². The summed E-state index contributed by atoms with van der Waals surface area (Å²) < 4.78 is 22.7. The van der Waals surface area contributed by atoms with E-state index in [0.717, 1.165) is 12.3 Å². The number of nitrogens with two attached hydrogens (primary N) is 1. The van der Waals surface area contributed by atoms with Crippen molar-refractivity contribution < 1.29 is 13.2 Å². The highest BCUT2D eigenvalue weighted by molar-refractivity contribution is 7.89. The maximum atomic E-state index is 12.0. The molecule has 0 aliphatic heterocycles. The van der Waals surface area contributed by atoms with Gasteiger partial charge in [-0.1, -0.05) is 19.3 Å². The molecule has 1 amide bonds. The van der Waals surface area contributed by atoms with Gasteiger partial charge in [0.1, 0.15) is 0 Å². The number of hydrogen-bond donors (Lipinski definition) is 2. The number of primary sulfonamides is 1. The molecule has 0 aromatic heterocycles. The highest BCUT2D eigenvalue weighted by Crippen LogP contribution is 2.28. The summed E-state index contributed by atoms with van der Waals surface area (Å²) >= 11 is 0. The maximum absolute atomic E-state index is 12.0. The van der Waals surface area contributed by atoms with Gasteiger partial charge in [0, 0.05) is 12.1 Å². The SMILES string of the molecule is Cc1cc(C(=O)NCCC2CCC2)cc(S(N)(=O)=O)c1. The van der Waals surface area contributed by atoms with Crippen molar-refractivity contribution in [1.29, 1.82) is 0 Å². The highest BCUT2D eigenvalue weighted by Gasteiger charge is 2.18. The lowest BCUT2D eigenvalue weighted by Gasteiger charge is -2.25. The fourth-order valence-electron chi connectivity index (χ4n) is 2.32. The molecule has 110 valence electrons. The van der Waals surface area contributed by atoms with Crippen LogP contribution < -0.4 is 10.5 Å². The van der Waals surface area contributed by atoms with Crippen LogP contribution in [0.1, 0.15) is 41.6 Å². The molecule has 0 spiro atoms. The topological polar surface area (TPSA) is 89.3 Å². The molecule has 1 aliphatic rings. The van der Waals surface area contributed by atoms with Gasteiger partial charge in [-0.25, -0.2) is 13.6 Å². The maximum Gasteiger partial charge on any atom is 0.251 e. The average Bonchev–Trinajstić information content (AvgIpc) is 2.30. The summed E-state index contributed by atoms with van der Waals surface area (Å²) in [6.07, 6.45) is 4.76. The van der Waals surface area contributed by atoms with Crippen molar-refractivity contribution in [1.82, 2.24) is 5.32 Å². The lowest BCUT2D eigenvalue weighted by Crippen LogP contribution is -2.27. The van der Waals surface area contributed by atoms with Crippen LogP contribution in [0, 0.1) is 12.8 Å². The Kier molecular flexibility index (Phi) is 4.45. The van der Waals surface area contributed by atoms with Crippen LogP contribution in [0.15, 0.2) is 23.1 Å². The fourth-order valence-corrected chi connectivity index (χ4v) is 2.96. The quantitative estimate of drug-likeness (QED) is 0.864. The summed E-state index contributed by atoms with van der Waals surface area (Å²) in [6, 6.07) is 4.44. The summed E-state index contributed by atoms with van der Waals surface area (Å²) in [7, 11) is -3.79. The van der Waals surface area contributed by atoms with Gasteiger partial charge in [-0.15, -0.1) is 0 Å². The number of hydrogen-bond acceptors (Lipinski definition) is 3. The number of carbonyl (C=O) groups excluding carboxylic acids is 1. The molecule has 1 saturated carbocycles. The molecule has 3 N–H and O–H groups in total. The first-order valence-corrected chi connectivity index (χ1v) is 8.33. The van der Waals surface area contributed by atoms with E-state index in [0.29, 0.717) is 17.7 Å². The molecular formula is C14H20N2O3S. The minimum atomic E-state index is -3.79. The van der Waals surface area contributed by atoms with Crippen LogP contribution in [0.4, 0.5) is 0 Å². The Morgan fingerprint density at radius 2 is 2.05 bits per heavy atom. The van der Waals surface area contributed by atoms with Crippen molar-refractivity contribution in [2.24, 2.45) is 11.1 Å². The molecule has 1 fully saturated rings. The zero-order chi connectivity index (χ0) is 14.8. The van der Waals surface area contributed by atoms with Crippen LogP contribution in [0.25, 0.3) is 0 Å². The Morgan fingerprint density at radius 3 is 2.60 bits per heavy atom. The van der Waals surface area contributed by atoms with Crippen LogP contribution in [-0.4, -0.2) is 20.9 Å². The number of aryl methyl sites for hydroxylation is 1. The molecule has 20 heavy (non-hydrogen) atoms. The Bertz CT molecular complexity index is 607. The van der Waals surface area contributed by atoms with Gasteiger partial charge in [-0.3, -0.25) is 4.79 Å². The lowest BCUT2D eigenvalue weighted by atomic mass is 9.83. The van der Waals surface area contributed by atoms with Crippen molar-refractivity contribution in [2.45, 2.75) is 37.5 Å². The monoisotopic (exact) mass is 296 g/mol. The minimum absolute atomic E-state index is 0.0263. The zero-order valence-corrected chi connectivity index (χ0v) is 12.4. The van der Waals surface area contributed by atoms with Crippen LogP contribution in [0.2, 0.25) is 0 Å². The molecule has 1 aromatic carbocycles. The average molecular weight is 296 g/mol. The summed E-state index contributed by atoms with van der Waals surface area (Å²) in [5.74, 6) is 0.478. The van der Waals surface area contributed by atoms with Crippen molar-refractivity contribution in [2.75, 3.05) is 6.54 Å². The Morgan fingerprint density at radius 1 is 1.35 bits per heavy atom. The molecule has 1 aromatic rings. The van der Waals surface area contributed by atoms with E-state index in [1.54, 1.807) is 13.0 Å². The summed E-state index contributed by atoms with van der Waals surface area (Å²) in [6.45, 7) is 2.36. The van der Waals surface area contributed by atoms with Crippen LogP contribution in [0.5, 0.6) is 0 Å². The number of carbonyl (C=O) groups is 1. The second-order valence-corrected chi connectivity index (χ2v) is 6.98. The normalized spacial score (nSPS) is 15.7. The zero-order valence-electron chi connectivity index (χ0n) is 11.6. The van der Waals surface area contributed by atoms with E-state index in [9.17, 15) is 13.2 Å². The van der Waals surface area contributed by atoms with Gasteiger partial charge < -0.3 is 5.32 Å². The Labute approximate surface area is 119 Å². The number of rotatable bonds is 5. The first-order chi connectivity index (χ1) is 9.36. The van der Waals surface area contributed by atoms with Gasteiger partial charge in [0.15, 0.2) is 0 Å². The predicted octanol–water partition coefficient (Wildman–Crippen LogP) is 1.56. The fraction of sp³-hybridized carbons (Fsp3) is 0.500. The summed E-state index contributed by atoms with van der Waals surface area (Å²) in [5, 5.41) is 7.93. The molecule has 6 heteroatoms. The number of sulfonamides is 1. The van der Waals surface area contributed by atoms with Crippen LogP contribution in [-0.2, 0) is 10.0 Å². The van der Waals surface area contributed by atoms with E-state index < -0.39 is 10.0 Å². The molecule has 2 rings (SSSR count). The third-order valence-electron chi connectivity index (χ3n) is 3.70. The number of benzene rings is 1. The van der Waals surface area contributed by atoms with Crippen molar-refractivity contribution in [3.8, 4) is 0 Å². The molecule has 0 heterocycles. The Balaban J connectivity index is 2.03. The number of amides is 1. The first kappa shape index (κ1) is 15.0. The molecule has 0 saturated heterocycles. The molecule has 5 nitrogen and oxygen atoms in total. The predicted molar refractivity (Wildman–Crippen MR) is 76.8 cm³/mol. The first-order valence-electron chi connectivity index (χ1n) is 6.79. The van der Waals surface area contributed by atoms with Crippen molar-refractivity contribution >= 4 is 15.9 Å². The summed E-state index contributed by atoms with van der Waals surface area (Å²) in [5.41, 5.74) is 1.03. The molecule has 0 atom stereocenters. The van der Waals surface area contributed by atoms with E-state index in [1.165, 1.54) is 31.4 Å². The van der Waals surface area contributed by atoms with E-state index in [4.69, 9.17) is 5.14 Å². The van der Waals surface area contributed by atoms with Crippen molar-refractivity contribution in [3.63, 3.8) is 0 Å². The largest absolute Gasteiger partial charge is 0.352 e. The second-order valence-electron chi connectivity index (χ2n) is 5.42. The highest BCUT2D eigenvalue weighted by atomic mass is 32.2. The van der Waals surface area contributed by atoms with E-state index in [2.05, 4.69) is 5.32 Å². The molecule has 1 aliphatic carbocycles.